The Morgan fingerprint density at radius 3 is 2.64 bits per heavy atom. The molecule has 1 aliphatic carbocycles. The molecule has 3 rings (SSSR count). The molecule has 0 unspecified atom stereocenters. The third-order valence-electron chi connectivity index (χ3n) is 2.42. The van der Waals surface area contributed by atoms with Gasteiger partial charge in [0.25, 0.3) is 0 Å². The van der Waals surface area contributed by atoms with Crippen molar-refractivity contribution in [2.45, 2.75) is 0 Å². The van der Waals surface area contributed by atoms with E-state index in [-0.39, 0.29) is 5.78 Å². The molecular weight excluding hydrogens is 216 g/mol. The van der Waals surface area contributed by atoms with Gasteiger partial charge in [-0.15, -0.1) is 0 Å². The fraction of sp³-hybridized carbons (Fsp3) is 0. The summed E-state index contributed by atoms with van der Waals surface area (Å²) in [5.74, 6) is 0.0961. The van der Waals surface area contributed by atoms with Gasteiger partial charge in [0.15, 0.2) is 5.78 Å². The van der Waals surface area contributed by atoms with Gasteiger partial charge in [-0.25, -0.2) is 0 Å². The van der Waals surface area contributed by atoms with E-state index in [2.05, 4.69) is 0 Å². The third-order valence-corrected chi connectivity index (χ3v) is 3.40. The van der Waals surface area contributed by atoms with Gasteiger partial charge in [0, 0.05) is 27.1 Å². The summed E-state index contributed by atoms with van der Waals surface area (Å²) in [4.78, 5) is 11.8. The van der Waals surface area contributed by atoms with Crippen LogP contribution in [0.1, 0.15) is 15.9 Å². The summed E-state index contributed by atoms with van der Waals surface area (Å²) in [5, 5.41) is 4.52. The minimum absolute atomic E-state index is 0.0961. The zero-order valence-electron chi connectivity index (χ0n) is 7.08. The van der Waals surface area contributed by atoms with E-state index in [1.807, 2.05) is 22.9 Å². The smallest absolute Gasteiger partial charge is 0.195 e. The second-order valence-electron chi connectivity index (χ2n) is 3.22. The Labute approximate surface area is 90.0 Å². The summed E-state index contributed by atoms with van der Waals surface area (Å²) in [6.07, 6.45) is 0. The minimum atomic E-state index is 0.0961. The van der Waals surface area contributed by atoms with E-state index in [9.17, 15) is 4.79 Å². The van der Waals surface area contributed by atoms with Crippen LogP contribution in [0.3, 0.4) is 0 Å². The standard InChI is InChI=1S/C11H5ClOS/c12-6-1-2-7-8(3-6)11(13)10-5-14-4-9(7)10/h1-5H. The predicted molar refractivity (Wildman–Crippen MR) is 58.2 cm³/mol. The van der Waals surface area contributed by atoms with E-state index < -0.39 is 0 Å². The molecule has 0 N–H and O–H groups in total. The molecule has 0 amide bonds. The van der Waals surface area contributed by atoms with Crippen molar-refractivity contribution in [1.29, 1.82) is 0 Å². The lowest BCUT2D eigenvalue weighted by Gasteiger charge is -1.97. The van der Waals surface area contributed by atoms with E-state index >= 15 is 0 Å². The molecule has 0 radical (unpaired) electrons. The van der Waals surface area contributed by atoms with E-state index in [1.165, 1.54) is 0 Å². The van der Waals surface area contributed by atoms with Crippen LogP contribution in [0.25, 0.3) is 11.1 Å². The maximum absolute atomic E-state index is 11.8. The summed E-state index contributed by atoms with van der Waals surface area (Å²) in [7, 11) is 0. The first-order chi connectivity index (χ1) is 6.77. The van der Waals surface area contributed by atoms with E-state index in [0.717, 1.165) is 22.3 Å². The third kappa shape index (κ3) is 0.925. The van der Waals surface area contributed by atoms with Gasteiger partial charge in [-0.3, -0.25) is 4.79 Å². The van der Waals surface area contributed by atoms with Crippen LogP contribution in [-0.4, -0.2) is 5.78 Å². The van der Waals surface area contributed by atoms with Crippen molar-refractivity contribution < 1.29 is 4.79 Å². The number of hydrogen-bond donors (Lipinski definition) is 0. The number of thiophene rings is 1. The molecule has 0 saturated heterocycles. The Balaban J connectivity index is 2.38. The highest BCUT2D eigenvalue weighted by Crippen LogP contribution is 2.39. The number of benzene rings is 1. The van der Waals surface area contributed by atoms with Crippen molar-refractivity contribution in [1.82, 2.24) is 0 Å². The van der Waals surface area contributed by atoms with Gasteiger partial charge in [-0.2, -0.15) is 11.3 Å². The molecule has 1 aliphatic rings. The number of fused-ring (bicyclic) bond motifs is 3. The van der Waals surface area contributed by atoms with Gasteiger partial charge in [-0.1, -0.05) is 17.7 Å². The maximum atomic E-state index is 11.8. The van der Waals surface area contributed by atoms with Crippen LogP contribution in [0.4, 0.5) is 0 Å². The number of carbonyl (C=O) groups is 1. The molecule has 1 aromatic carbocycles. The molecule has 1 heterocycles. The number of ketones is 1. The highest BCUT2D eigenvalue weighted by atomic mass is 35.5. The zero-order valence-corrected chi connectivity index (χ0v) is 8.65. The Hall–Kier alpha value is -1.12. The average molecular weight is 221 g/mol. The first-order valence-electron chi connectivity index (χ1n) is 4.18. The first-order valence-corrected chi connectivity index (χ1v) is 5.50. The SMILES string of the molecule is O=C1c2cc(Cl)ccc2-c2cscc21. The Bertz CT molecular complexity index is 542. The molecule has 2 aromatic rings. The van der Waals surface area contributed by atoms with Crippen molar-refractivity contribution >= 4 is 28.7 Å². The highest BCUT2D eigenvalue weighted by molar-refractivity contribution is 7.08. The van der Waals surface area contributed by atoms with Crippen LogP contribution in [0, 0.1) is 0 Å². The number of halogens is 1. The second-order valence-corrected chi connectivity index (χ2v) is 4.40. The topological polar surface area (TPSA) is 17.1 Å². The maximum Gasteiger partial charge on any atom is 0.195 e. The van der Waals surface area contributed by atoms with Crippen LogP contribution < -0.4 is 0 Å². The van der Waals surface area contributed by atoms with Crippen molar-refractivity contribution in [3.05, 3.63) is 45.1 Å². The van der Waals surface area contributed by atoms with E-state index in [1.54, 1.807) is 17.4 Å². The van der Waals surface area contributed by atoms with E-state index in [0.29, 0.717) is 5.02 Å². The fourth-order valence-electron chi connectivity index (χ4n) is 1.77. The quantitative estimate of drug-likeness (QED) is 0.566. The van der Waals surface area contributed by atoms with Gasteiger partial charge in [0.1, 0.15) is 0 Å². The molecule has 14 heavy (non-hydrogen) atoms. The molecule has 1 aromatic heterocycles. The van der Waals surface area contributed by atoms with Crippen molar-refractivity contribution in [3.8, 4) is 11.1 Å². The number of carbonyl (C=O) groups excluding carboxylic acids is 1. The number of hydrogen-bond acceptors (Lipinski definition) is 2. The largest absolute Gasteiger partial charge is 0.289 e. The van der Waals surface area contributed by atoms with Gasteiger partial charge < -0.3 is 0 Å². The van der Waals surface area contributed by atoms with Crippen LogP contribution >= 0.6 is 22.9 Å². The molecule has 0 bridgehead atoms. The monoisotopic (exact) mass is 220 g/mol. The normalized spacial score (nSPS) is 12.8. The number of rotatable bonds is 0. The van der Waals surface area contributed by atoms with Crippen molar-refractivity contribution in [3.63, 3.8) is 0 Å². The fourth-order valence-corrected chi connectivity index (χ4v) is 2.77. The molecule has 68 valence electrons. The van der Waals surface area contributed by atoms with Crippen molar-refractivity contribution in [2.24, 2.45) is 0 Å². The average Bonchev–Trinajstić information content (AvgIpc) is 2.72. The lowest BCUT2D eigenvalue weighted by Crippen LogP contribution is -1.93. The molecule has 0 saturated carbocycles. The molecule has 3 heteroatoms. The van der Waals surface area contributed by atoms with Crippen LogP contribution in [-0.2, 0) is 0 Å². The molecular formula is C11H5ClOS. The summed E-state index contributed by atoms with van der Waals surface area (Å²) < 4.78 is 0. The Morgan fingerprint density at radius 1 is 1.00 bits per heavy atom. The highest BCUT2D eigenvalue weighted by Gasteiger charge is 2.27. The van der Waals surface area contributed by atoms with Gasteiger partial charge in [0.2, 0.25) is 0 Å². The van der Waals surface area contributed by atoms with Crippen LogP contribution in [0.2, 0.25) is 5.02 Å². The summed E-state index contributed by atoms with van der Waals surface area (Å²) in [5.41, 5.74) is 3.60. The first kappa shape index (κ1) is 8.21. The lowest BCUT2D eigenvalue weighted by atomic mass is 10.1. The Kier molecular flexibility index (Phi) is 1.58. The Morgan fingerprint density at radius 2 is 1.79 bits per heavy atom. The van der Waals surface area contributed by atoms with Gasteiger partial charge in [-0.05, 0) is 23.1 Å². The summed E-state index contributed by atoms with van der Waals surface area (Å²) >= 11 is 7.41. The predicted octanol–water partition coefficient (Wildman–Crippen LogP) is 3.61. The minimum Gasteiger partial charge on any atom is -0.289 e. The van der Waals surface area contributed by atoms with Gasteiger partial charge in [0.05, 0.1) is 0 Å². The van der Waals surface area contributed by atoms with Gasteiger partial charge >= 0.3 is 0 Å². The summed E-state index contributed by atoms with van der Waals surface area (Å²) in [6, 6.07) is 5.47. The second kappa shape index (κ2) is 2.69. The summed E-state index contributed by atoms with van der Waals surface area (Å²) in [6.45, 7) is 0. The molecule has 0 spiro atoms. The molecule has 0 aliphatic heterocycles. The molecule has 0 fully saturated rings. The van der Waals surface area contributed by atoms with Crippen LogP contribution in [0.15, 0.2) is 29.0 Å². The lowest BCUT2D eigenvalue weighted by molar-refractivity contribution is 0.104. The van der Waals surface area contributed by atoms with Crippen LogP contribution in [0.5, 0.6) is 0 Å². The zero-order chi connectivity index (χ0) is 9.71. The van der Waals surface area contributed by atoms with E-state index in [4.69, 9.17) is 11.6 Å². The molecule has 1 nitrogen and oxygen atoms in total. The van der Waals surface area contributed by atoms with Crippen molar-refractivity contribution in [2.75, 3.05) is 0 Å². The molecule has 0 atom stereocenters.